The van der Waals surface area contributed by atoms with Crippen LogP contribution in [0.1, 0.15) is 20.3 Å². The van der Waals surface area contributed by atoms with Gasteiger partial charge >= 0.3 is 12.1 Å². The van der Waals surface area contributed by atoms with Crippen molar-refractivity contribution in [2.75, 3.05) is 20.3 Å². The van der Waals surface area contributed by atoms with Crippen molar-refractivity contribution in [1.29, 1.82) is 0 Å². The van der Waals surface area contributed by atoms with E-state index < -0.39 is 24.3 Å². The standard InChI is InChI=1S/C10H18F3NO3/c1-4-16-9(15)8(14-3)5-6-17-7(2)10(11,12)13/h7-8,14H,4-6H2,1-3H3. The van der Waals surface area contributed by atoms with Crippen LogP contribution in [-0.2, 0) is 14.3 Å². The first-order chi connectivity index (χ1) is 7.82. The first-order valence-electron chi connectivity index (χ1n) is 5.35. The number of carbonyl (C=O) groups excluding carboxylic acids is 1. The number of rotatable bonds is 7. The van der Waals surface area contributed by atoms with Crippen molar-refractivity contribution in [2.45, 2.75) is 38.6 Å². The summed E-state index contributed by atoms with van der Waals surface area (Å²) in [4.78, 5) is 11.3. The number of hydrogen-bond donors (Lipinski definition) is 1. The van der Waals surface area contributed by atoms with E-state index in [0.29, 0.717) is 0 Å². The van der Waals surface area contributed by atoms with Gasteiger partial charge in [0, 0.05) is 6.61 Å². The molecule has 0 rings (SSSR count). The minimum absolute atomic E-state index is 0.135. The predicted molar refractivity (Wildman–Crippen MR) is 55.6 cm³/mol. The largest absolute Gasteiger partial charge is 0.465 e. The molecule has 7 heteroatoms. The van der Waals surface area contributed by atoms with Crippen LogP contribution in [0.4, 0.5) is 13.2 Å². The molecule has 0 radical (unpaired) electrons. The first kappa shape index (κ1) is 16.2. The molecule has 0 heterocycles. The molecule has 17 heavy (non-hydrogen) atoms. The normalized spacial score (nSPS) is 15.4. The van der Waals surface area contributed by atoms with Crippen LogP contribution in [0.25, 0.3) is 0 Å². The molecule has 0 aromatic heterocycles. The lowest BCUT2D eigenvalue weighted by Gasteiger charge is -2.18. The van der Waals surface area contributed by atoms with Gasteiger partial charge in [-0.2, -0.15) is 13.2 Å². The van der Waals surface area contributed by atoms with Crippen molar-refractivity contribution < 1.29 is 27.4 Å². The van der Waals surface area contributed by atoms with Gasteiger partial charge in [0.1, 0.15) is 6.04 Å². The molecule has 0 fully saturated rings. The molecule has 0 saturated heterocycles. The molecule has 0 aromatic carbocycles. The topological polar surface area (TPSA) is 47.6 Å². The van der Waals surface area contributed by atoms with Gasteiger partial charge in [0.25, 0.3) is 0 Å². The van der Waals surface area contributed by atoms with Crippen molar-refractivity contribution in [3.8, 4) is 0 Å². The van der Waals surface area contributed by atoms with Gasteiger partial charge in [0.05, 0.1) is 6.61 Å². The number of ether oxygens (including phenoxy) is 2. The summed E-state index contributed by atoms with van der Waals surface area (Å²) in [5.74, 6) is -0.488. The molecule has 0 aliphatic rings. The van der Waals surface area contributed by atoms with Crippen molar-refractivity contribution in [3.05, 3.63) is 0 Å². The zero-order chi connectivity index (χ0) is 13.5. The molecule has 0 aliphatic carbocycles. The predicted octanol–water partition coefficient (Wildman–Crippen LogP) is 1.50. The Balaban J connectivity index is 3.96. The third-order valence-corrected chi connectivity index (χ3v) is 2.15. The quantitative estimate of drug-likeness (QED) is 0.702. The lowest BCUT2D eigenvalue weighted by Crippen LogP contribution is -2.37. The molecule has 0 amide bonds. The fraction of sp³-hybridized carbons (Fsp3) is 0.900. The fourth-order valence-electron chi connectivity index (χ4n) is 1.08. The van der Waals surface area contributed by atoms with Gasteiger partial charge in [-0.05, 0) is 27.3 Å². The SMILES string of the molecule is CCOC(=O)C(CCOC(C)C(F)(F)F)NC. The first-order valence-corrected chi connectivity index (χ1v) is 5.35. The summed E-state index contributed by atoms with van der Waals surface area (Å²) < 4.78 is 45.6. The van der Waals surface area contributed by atoms with Gasteiger partial charge in [-0.1, -0.05) is 0 Å². The lowest BCUT2D eigenvalue weighted by molar-refractivity contribution is -0.214. The van der Waals surface area contributed by atoms with Gasteiger partial charge in [-0.15, -0.1) is 0 Å². The molecule has 1 N–H and O–H groups in total. The Labute approximate surface area is 98.5 Å². The highest BCUT2D eigenvalue weighted by atomic mass is 19.4. The second-order valence-corrected chi connectivity index (χ2v) is 3.44. The van der Waals surface area contributed by atoms with Crippen molar-refractivity contribution in [3.63, 3.8) is 0 Å². The van der Waals surface area contributed by atoms with Crippen LogP contribution in [0.3, 0.4) is 0 Å². The van der Waals surface area contributed by atoms with Crippen LogP contribution in [-0.4, -0.2) is 44.6 Å². The minimum atomic E-state index is -4.38. The highest BCUT2D eigenvalue weighted by Crippen LogP contribution is 2.22. The zero-order valence-corrected chi connectivity index (χ0v) is 10.1. The molecule has 4 nitrogen and oxygen atoms in total. The number of hydrogen-bond acceptors (Lipinski definition) is 4. The number of esters is 1. The summed E-state index contributed by atoms with van der Waals surface area (Å²) in [6.07, 6.45) is -6.07. The monoisotopic (exact) mass is 257 g/mol. The maximum atomic E-state index is 12.1. The number of alkyl halides is 3. The Morgan fingerprint density at radius 3 is 2.41 bits per heavy atom. The van der Waals surface area contributed by atoms with E-state index in [2.05, 4.69) is 10.1 Å². The molecular formula is C10H18F3NO3. The average Bonchev–Trinajstić information content (AvgIpc) is 2.22. The average molecular weight is 257 g/mol. The van der Waals surface area contributed by atoms with E-state index in [0.717, 1.165) is 6.92 Å². The van der Waals surface area contributed by atoms with Gasteiger partial charge < -0.3 is 14.8 Å². The number of halogens is 3. The molecule has 0 bridgehead atoms. The van der Waals surface area contributed by atoms with Crippen LogP contribution in [0.15, 0.2) is 0 Å². The fourth-order valence-corrected chi connectivity index (χ4v) is 1.08. The molecule has 0 aromatic rings. The Kier molecular flexibility index (Phi) is 7.13. The van der Waals surface area contributed by atoms with Crippen LogP contribution >= 0.6 is 0 Å². The summed E-state index contributed by atoms with van der Waals surface area (Å²) in [5.41, 5.74) is 0. The van der Waals surface area contributed by atoms with E-state index in [4.69, 9.17) is 4.74 Å². The van der Waals surface area contributed by atoms with E-state index in [1.165, 1.54) is 7.05 Å². The maximum Gasteiger partial charge on any atom is 0.414 e. The van der Waals surface area contributed by atoms with E-state index in [1.54, 1.807) is 6.92 Å². The van der Waals surface area contributed by atoms with Crippen LogP contribution in [0.5, 0.6) is 0 Å². The van der Waals surface area contributed by atoms with Crippen molar-refractivity contribution >= 4 is 5.97 Å². The molecule has 0 aliphatic heterocycles. The van der Waals surface area contributed by atoms with E-state index >= 15 is 0 Å². The van der Waals surface area contributed by atoms with Gasteiger partial charge in [-0.25, -0.2) is 0 Å². The third-order valence-electron chi connectivity index (χ3n) is 2.15. The van der Waals surface area contributed by atoms with Crippen molar-refractivity contribution in [2.24, 2.45) is 0 Å². The highest BCUT2D eigenvalue weighted by molar-refractivity contribution is 5.75. The van der Waals surface area contributed by atoms with E-state index in [9.17, 15) is 18.0 Å². The molecule has 2 atom stereocenters. The summed E-state index contributed by atoms with van der Waals surface area (Å²) in [7, 11) is 1.54. The highest BCUT2D eigenvalue weighted by Gasteiger charge is 2.36. The maximum absolute atomic E-state index is 12.1. The Bertz CT molecular complexity index is 233. The van der Waals surface area contributed by atoms with E-state index in [-0.39, 0.29) is 19.6 Å². The summed E-state index contributed by atoms with van der Waals surface area (Å²) in [5, 5.41) is 2.66. The Morgan fingerprint density at radius 2 is 2.00 bits per heavy atom. The minimum Gasteiger partial charge on any atom is -0.465 e. The number of nitrogens with one attached hydrogen (secondary N) is 1. The summed E-state index contributed by atoms with van der Waals surface area (Å²) >= 11 is 0. The van der Waals surface area contributed by atoms with Crippen LogP contribution < -0.4 is 5.32 Å². The second-order valence-electron chi connectivity index (χ2n) is 3.44. The van der Waals surface area contributed by atoms with Gasteiger partial charge in [0.15, 0.2) is 6.10 Å². The molecular weight excluding hydrogens is 239 g/mol. The summed E-state index contributed by atoms with van der Waals surface area (Å²) in [6.45, 7) is 2.66. The second kappa shape index (κ2) is 7.50. The van der Waals surface area contributed by atoms with Gasteiger partial charge in [0.2, 0.25) is 0 Å². The lowest BCUT2D eigenvalue weighted by atomic mass is 10.2. The van der Waals surface area contributed by atoms with Gasteiger partial charge in [-0.3, -0.25) is 4.79 Å². The summed E-state index contributed by atoms with van der Waals surface area (Å²) in [6, 6.07) is -0.643. The smallest absolute Gasteiger partial charge is 0.414 e. The molecule has 102 valence electrons. The molecule has 0 saturated carbocycles. The van der Waals surface area contributed by atoms with Crippen LogP contribution in [0.2, 0.25) is 0 Å². The number of carbonyl (C=O) groups is 1. The van der Waals surface area contributed by atoms with Crippen LogP contribution in [0, 0.1) is 0 Å². The Morgan fingerprint density at radius 1 is 1.41 bits per heavy atom. The third kappa shape index (κ3) is 6.48. The van der Waals surface area contributed by atoms with E-state index in [1.807, 2.05) is 0 Å². The number of likely N-dealkylation sites (N-methyl/N-ethyl adjacent to an activating group) is 1. The van der Waals surface area contributed by atoms with Crippen molar-refractivity contribution in [1.82, 2.24) is 5.32 Å². The molecule has 2 unspecified atom stereocenters. The Hall–Kier alpha value is -0.820. The molecule has 0 spiro atoms. The zero-order valence-electron chi connectivity index (χ0n) is 10.1.